The van der Waals surface area contributed by atoms with E-state index in [2.05, 4.69) is 27.8 Å². The van der Waals surface area contributed by atoms with Crippen molar-refractivity contribution < 1.29 is 9.18 Å². The summed E-state index contributed by atoms with van der Waals surface area (Å²) in [7, 11) is 0. The molecule has 1 aromatic heterocycles. The number of anilines is 3. The first-order valence-corrected chi connectivity index (χ1v) is 10.8. The topological polar surface area (TPSA) is 66.9 Å². The van der Waals surface area contributed by atoms with Gasteiger partial charge in [-0.2, -0.15) is 0 Å². The Labute approximate surface area is 171 Å². The van der Waals surface area contributed by atoms with E-state index in [0.29, 0.717) is 15.2 Å². The lowest BCUT2D eigenvalue weighted by Gasteiger charge is -2.06. The zero-order valence-electron chi connectivity index (χ0n) is 15.4. The molecule has 0 spiro atoms. The third-order valence-corrected chi connectivity index (χ3v) is 5.88. The Bertz CT molecular complexity index is 915. The maximum Gasteiger partial charge on any atom is 0.234 e. The highest BCUT2D eigenvalue weighted by molar-refractivity contribution is 8.01. The Kier molecular flexibility index (Phi) is 7.39. The summed E-state index contributed by atoms with van der Waals surface area (Å²) in [5.41, 5.74) is 2.40. The largest absolute Gasteiger partial charge is 0.328 e. The van der Waals surface area contributed by atoms with E-state index in [9.17, 15) is 9.18 Å². The fraction of sp³-hybridized carbons (Fsp3) is 0.250. The number of nitrogens with one attached hydrogen (secondary N) is 2. The van der Waals surface area contributed by atoms with Crippen LogP contribution >= 0.6 is 23.1 Å². The minimum absolute atomic E-state index is 0.106. The van der Waals surface area contributed by atoms with Crippen LogP contribution in [0.2, 0.25) is 0 Å². The van der Waals surface area contributed by atoms with Crippen molar-refractivity contribution in [3.8, 4) is 0 Å². The summed E-state index contributed by atoms with van der Waals surface area (Å²) in [6, 6.07) is 14.3. The first-order valence-electron chi connectivity index (χ1n) is 9.00. The van der Waals surface area contributed by atoms with Crippen molar-refractivity contribution in [1.82, 2.24) is 10.2 Å². The molecule has 0 radical (unpaired) electrons. The molecule has 0 atom stereocenters. The molecule has 0 bridgehead atoms. The van der Waals surface area contributed by atoms with E-state index in [-0.39, 0.29) is 17.5 Å². The van der Waals surface area contributed by atoms with Crippen LogP contribution < -0.4 is 10.6 Å². The van der Waals surface area contributed by atoms with Crippen LogP contribution in [0.15, 0.2) is 52.9 Å². The van der Waals surface area contributed by atoms with E-state index in [1.54, 1.807) is 18.2 Å². The van der Waals surface area contributed by atoms with Crippen molar-refractivity contribution in [2.24, 2.45) is 0 Å². The van der Waals surface area contributed by atoms with Gasteiger partial charge in [-0.25, -0.2) is 4.39 Å². The summed E-state index contributed by atoms with van der Waals surface area (Å²) in [5.74, 6) is -0.233. The third-order valence-electron chi connectivity index (χ3n) is 3.91. The molecule has 3 rings (SSSR count). The predicted molar refractivity (Wildman–Crippen MR) is 114 cm³/mol. The summed E-state index contributed by atoms with van der Waals surface area (Å²) in [5, 5.41) is 14.3. The summed E-state index contributed by atoms with van der Waals surface area (Å²) < 4.78 is 14.3. The zero-order valence-corrected chi connectivity index (χ0v) is 17.1. The van der Waals surface area contributed by atoms with Gasteiger partial charge in [0, 0.05) is 5.69 Å². The maximum atomic E-state index is 13.7. The van der Waals surface area contributed by atoms with Crippen molar-refractivity contribution >= 4 is 45.5 Å². The Morgan fingerprint density at radius 2 is 1.93 bits per heavy atom. The molecule has 0 aliphatic rings. The number of rotatable bonds is 9. The third kappa shape index (κ3) is 6.03. The molecule has 146 valence electrons. The van der Waals surface area contributed by atoms with Crippen molar-refractivity contribution in [3.63, 3.8) is 0 Å². The average molecular weight is 417 g/mol. The summed E-state index contributed by atoms with van der Waals surface area (Å²) in [6.45, 7) is 2.17. The number of unbranched alkanes of at least 4 members (excludes halogenated alkanes) is 1. The number of halogens is 1. The van der Waals surface area contributed by atoms with Gasteiger partial charge < -0.3 is 10.6 Å². The van der Waals surface area contributed by atoms with Gasteiger partial charge in [-0.3, -0.25) is 4.79 Å². The molecule has 0 aliphatic heterocycles. The molecule has 8 heteroatoms. The highest BCUT2D eigenvalue weighted by Gasteiger charge is 2.10. The molecule has 0 saturated carbocycles. The zero-order chi connectivity index (χ0) is 19.8. The number of aryl methyl sites for hydroxylation is 1. The first kappa shape index (κ1) is 20.3. The van der Waals surface area contributed by atoms with E-state index in [4.69, 9.17) is 0 Å². The van der Waals surface area contributed by atoms with Crippen molar-refractivity contribution in [3.05, 3.63) is 59.9 Å². The Balaban J connectivity index is 1.47. The SMILES string of the molecule is CCCCc1ccc(NC(=O)CSc2nnc(Nc3ccccc3F)s2)cc1. The van der Waals surface area contributed by atoms with Gasteiger partial charge in [0.1, 0.15) is 5.82 Å². The molecule has 5 nitrogen and oxygen atoms in total. The van der Waals surface area contributed by atoms with Gasteiger partial charge in [-0.1, -0.05) is 60.7 Å². The molecule has 0 unspecified atom stereocenters. The van der Waals surface area contributed by atoms with Crippen LogP contribution in [0, 0.1) is 5.82 Å². The Hall–Kier alpha value is -2.45. The van der Waals surface area contributed by atoms with E-state index < -0.39 is 0 Å². The normalized spacial score (nSPS) is 10.6. The molecule has 0 saturated heterocycles. The molecular weight excluding hydrogens is 395 g/mol. The fourth-order valence-corrected chi connectivity index (χ4v) is 4.02. The second-order valence-corrected chi connectivity index (χ2v) is 8.32. The minimum Gasteiger partial charge on any atom is -0.328 e. The number of para-hydroxylation sites is 1. The van der Waals surface area contributed by atoms with Gasteiger partial charge in [0.15, 0.2) is 4.34 Å². The van der Waals surface area contributed by atoms with Crippen molar-refractivity contribution in [2.75, 3.05) is 16.4 Å². The van der Waals surface area contributed by atoms with Gasteiger partial charge in [0.2, 0.25) is 11.0 Å². The minimum atomic E-state index is -0.355. The van der Waals surface area contributed by atoms with Crippen LogP contribution in [0.25, 0.3) is 0 Å². The van der Waals surface area contributed by atoms with Crippen molar-refractivity contribution in [2.45, 2.75) is 30.5 Å². The predicted octanol–water partition coefficient (Wildman–Crippen LogP) is 5.49. The Morgan fingerprint density at radius 3 is 2.68 bits per heavy atom. The lowest BCUT2D eigenvalue weighted by molar-refractivity contribution is -0.113. The van der Waals surface area contributed by atoms with E-state index in [1.807, 2.05) is 24.3 Å². The highest BCUT2D eigenvalue weighted by Crippen LogP contribution is 2.28. The number of hydrogen-bond donors (Lipinski definition) is 2. The van der Waals surface area contributed by atoms with Crippen LogP contribution in [0.3, 0.4) is 0 Å². The molecule has 1 heterocycles. The van der Waals surface area contributed by atoms with E-state index in [0.717, 1.165) is 18.5 Å². The lowest BCUT2D eigenvalue weighted by Crippen LogP contribution is -2.13. The summed E-state index contributed by atoms with van der Waals surface area (Å²) in [4.78, 5) is 12.1. The van der Waals surface area contributed by atoms with Gasteiger partial charge >= 0.3 is 0 Å². The van der Waals surface area contributed by atoms with Crippen LogP contribution in [-0.2, 0) is 11.2 Å². The first-order chi connectivity index (χ1) is 13.6. The number of thioether (sulfide) groups is 1. The molecular formula is C20H21FN4OS2. The number of carbonyl (C=O) groups excluding carboxylic acids is 1. The quantitative estimate of drug-likeness (QED) is 0.451. The molecule has 28 heavy (non-hydrogen) atoms. The maximum absolute atomic E-state index is 13.7. The Morgan fingerprint density at radius 1 is 1.14 bits per heavy atom. The second-order valence-electron chi connectivity index (χ2n) is 6.12. The molecule has 0 fully saturated rings. The monoisotopic (exact) mass is 416 g/mol. The molecule has 2 N–H and O–H groups in total. The average Bonchev–Trinajstić information content (AvgIpc) is 3.15. The number of carbonyl (C=O) groups is 1. The standard InChI is InChI=1S/C20H21FN4OS2/c1-2-3-6-14-9-11-15(12-10-14)22-18(26)13-27-20-25-24-19(28-20)23-17-8-5-4-7-16(17)21/h4-5,7-12H,2-3,6,13H2,1H3,(H,22,26)(H,23,24). The van der Waals surface area contributed by atoms with Crippen LogP contribution in [0.1, 0.15) is 25.3 Å². The smallest absolute Gasteiger partial charge is 0.234 e. The van der Waals surface area contributed by atoms with E-state index in [1.165, 1.54) is 41.1 Å². The van der Waals surface area contributed by atoms with E-state index >= 15 is 0 Å². The van der Waals surface area contributed by atoms with Crippen LogP contribution in [0.4, 0.5) is 20.9 Å². The highest BCUT2D eigenvalue weighted by atomic mass is 32.2. The molecule has 3 aromatic rings. The van der Waals surface area contributed by atoms with Gasteiger partial charge in [0.25, 0.3) is 0 Å². The number of hydrogen-bond acceptors (Lipinski definition) is 6. The number of nitrogens with zero attached hydrogens (tertiary/aromatic N) is 2. The lowest BCUT2D eigenvalue weighted by atomic mass is 10.1. The van der Waals surface area contributed by atoms with Crippen LogP contribution in [-0.4, -0.2) is 21.9 Å². The molecule has 2 aromatic carbocycles. The number of benzene rings is 2. The van der Waals surface area contributed by atoms with Crippen LogP contribution in [0.5, 0.6) is 0 Å². The molecule has 0 aliphatic carbocycles. The summed E-state index contributed by atoms with van der Waals surface area (Å²) in [6.07, 6.45) is 3.39. The van der Waals surface area contributed by atoms with Gasteiger partial charge in [-0.15, -0.1) is 10.2 Å². The fourth-order valence-electron chi connectivity index (χ4n) is 2.46. The second kappa shape index (κ2) is 10.2. The van der Waals surface area contributed by atoms with Crippen molar-refractivity contribution in [1.29, 1.82) is 0 Å². The van der Waals surface area contributed by atoms with Gasteiger partial charge in [0.05, 0.1) is 11.4 Å². The summed E-state index contributed by atoms with van der Waals surface area (Å²) >= 11 is 2.57. The van der Waals surface area contributed by atoms with Gasteiger partial charge in [-0.05, 0) is 42.7 Å². The molecule has 1 amide bonds. The number of amides is 1. The number of aromatic nitrogens is 2.